The number of hydrogen-bond acceptors (Lipinski definition) is 3. The number of benzene rings is 1. The Balaban J connectivity index is 2.95. The SMILES string of the molecule is CCC(CC)(CNc1ccc(C(N)=S)c(F)c1F)SC. The van der Waals surface area contributed by atoms with E-state index < -0.39 is 11.6 Å². The molecule has 0 radical (unpaired) electrons. The number of anilines is 1. The Labute approximate surface area is 128 Å². The van der Waals surface area contributed by atoms with Gasteiger partial charge in [-0.1, -0.05) is 26.1 Å². The molecule has 112 valence electrons. The molecule has 3 N–H and O–H groups in total. The van der Waals surface area contributed by atoms with Crippen molar-refractivity contribution < 1.29 is 8.78 Å². The molecule has 0 atom stereocenters. The van der Waals surface area contributed by atoms with E-state index in [1.807, 2.05) is 6.26 Å². The highest BCUT2D eigenvalue weighted by Gasteiger charge is 2.25. The Bertz CT molecular complexity index is 480. The van der Waals surface area contributed by atoms with Crippen molar-refractivity contribution in [2.24, 2.45) is 5.73 Å². The van der Waals surface area contributed by atoms with E-state index >= 15 is 0 Å². The van der Waals surface area contributed by atoms with Crippen LogP contribution in [-0.4, -0.2) is 22.5 Å². The van der Waals surface area contributed by atoms with Gasteiger partial charge in [-0.05, 0) is 31.2 Å². The molecule has 0 aromatic heterocycles. The molecular weight excluding hydrogens is 298 g/mol. The first-order chi connectivity index (χ1) is 9.40. The van der Waals surface area contributed by atoms with E-state index in [-0.39, 0.29) is 21.0 Å². The fourth-order valence-electron chi connectivity index (χ4n) is 1.99. The summed E-state index contributed by atoms with van der Waals surface area (Å²) in [4.78, 5) is -0.145. The smallest absolute Gasteiger partial charge is 0.182 e. The van der Waals surface area contributed by atoms with Gasteiger partial charge in [0.2, 0.25) is 0 Å². The lowest BCUT2D eigenvalue weighted by Gasteiger charge is -2.30. The molecule has 0 saturated heterocycles. The second-order valence-corrected chi connectivity index (χ2v) is 6.31. The number of hydrogen-bond donors (Lipinski definition) is 2. The molecule has 0 heterocycles. The van der Waals surface area contributed by atoms with Crippen LogP contribution in [0.15, 0.2) is 12.1 Å². The molecule has 0 aliphatic carbocycles. The number of halogens is 2. The summed E-state index contributed by atoms with van der Waals surface area (Å²) in [6, 6.07) is 2.88. The maximum Gasteiger partial charge on any atom is 0.182 e. The lowest BCUT2D eigenvalue weighted by atomic mass is 10.0. The van der Waals surface area contributed by atoms with E-state index in [0.717, 1.165) is 12.8 Å². The Morgan fingerprint density at radius 2 is 1.90 bits per heavy atom. The summed E-state index contributed by atoms with van der Waals surface area (Å²) >= 11 is 6.42. The highest BCUT2D eigenvalue weighted by Crippen LogP contribution is 2.31. The standard InChI is InChI=1S/C14H20F2N2S2/c1-4-14(5-2,20-3)8-18-10-7-6-9(13(17)19)11(15)12(10)16/h6-7,18H,4-5,8H2,1-3H3,(H2,17,19). The molecule has 0 saturated carbocycles. The van der Waals surface area contributed by atoms with Crippen LogP contribution in [0.2, 0.25) is 0 Å². The summed E-state index contributed by atoms with van der Waals surface area (Å²) in [5.74, 6) is -1.93. The van der Waals surface area contributed by atoms with Crippen molar-refractivity contribution in [3.63, 3.8) is 0 Å². The van der Waals surface area contributed by atoms with Gasteiger partial charge in [0.05, 0.1) is 5.69 Å². The van der Waals surface area contributed by atoms with E-state index in [4.69, 9.17) is 5.73 Å². The van der Waals surface area contributed by atoms with E-state index in [2.05, 4.69) is 31.4 Å². The third kappa shape index (κ3) is 3.61. The van der Waals surface area contributed by atoms with Crippen LogP contribution in [0.5, 0.6) is 0 Å². The van der Waals surface area contributed by atoms with E-state index in [1.165, 1.54) is 12.1 Å². The topological polar surface area (TPSA) is 38.0 Å². The highest BCUT2D eigenvalue weighted by molar-refractivity contribution is 8.00. The second kappa shape index (κ2) is 7.22. The number of thioether (sulfide) groups is 1. The van der Waals surface area contributed by atoms with E-state index in [0.29, 0.717) is 6.54 Å². The van der Waals surface area contributed by atoms with E-state index in [9.17, 15) is 8.78 Å². The molecule has 0 amide bonds. The Morgan fingerprint density at radius 1 is 1.30 bits per heavy atom. The van der Waals surface area contributed by atoms with Crippen molar-refractivity contribution in [1.29, 1.82) is 0 Å². The van der Waals surface area contributed by atoms with Crippen LogP contribution in [0.4, 0.5) is 14.5 Å². The molecule has 1 aromatic rings. The second-order valence-electron chi connectivity index (χ2n) is 4.60. The molecule has 0 unspecified atom stereocenters. The summed E-state index contributed by atoms with van der Waals surface area (Å²) in [7, 11) is 0. The highest BCUT2D eigenvalue weighted by atomic mass is 32.2. The molecule has 1 rings (SSSR count). The van der Waals surface area contributed by atoms with Gasteiger partial charge in [0.15, 0.2) is 11.6 Å². The molecular formula is C14H20F2N2S2. The van der Waals surface area contributed by atoms with Crippen molar-refractivity contribution in [3.05, 3.63) is 29.3 Å². The predicted octanol–water partition coefficient (Wildman–Crippen LogP) is 3.93. The minimum atomic E-state index is -0.995. The average molecular weight is 318 g/mol. The average Bonchev–Trinajstić information content (AvgIpc) is 2.44. The predicted molar refractivity (Wildman–Crippen MR) is 87.6 cm³/mol. The quantitative estimate of drug-likeness (QED) is 0.747. The van der Waals surface area contributed by atoms with Gasteiger partial charge in [-0.15, -0.1) is 0 Å². The third-order valence-corrected chi connectivity index (χ3v) is 5.48. The molecule has 2 nitrogen and oxygen atoms in total. The zero-order valence-electron chi connectivity index (χ0n) is 11.9. The lowest BCUT2D eigenvalue weighted by Crippen LogP contribution is -2.32. The molecule has 6 heteroatoms. The number of nitrogens with one attached hydrogen (secondary N) is 1. The Kier molecular flexibility index (Phi) is 6.20. The van der Waals surface area contributed by atoms with Crippen LogP contribution in [-0.2, 0) is 0 Å². The molecule has 0 aliphatic rings. The van der Waals surface area contributed by atoms with Crippen molar-refractivity contribution in [1.82, 2.24) is 0 Å². The maximum absolute atomic E-state index is 14.0. The van der Waals surface area contributed by atoms with Crippen molar-refractivity contribution >= 4 is 34.7 Å². The molecule has 0 fully saturated rings. The molecule has 20 heavy (non-hydrogen) atoms. The van der Waals surface area contributed by atoms with Gasteiger partial charge in [0.1, 0.15) is 4.99 Å². The summed E-state index contributed by atoms with van der Waals surface area (Å²) in [6.45, 7) is 4.76. The zero-order valence-corrected chi connectivity index (χ0v) is 13.6. The van der Waals surface area contributed by atoms with Gasteiger partial charge in [0.25, 0.3) is 0 Å². The lowest BCUT2D eigenvalue weighted by molar-refractivity contribution is 0.507. The fraction of sp³-hybridized carbons (Fsp3) is 0.500. The van der Waals surface area contributed by atoms with Gasteiger partial charge in [-0.25, -0.2) is 8.78 Å². The first kappa shape index (κ1) is 17.2. The Morgan fingerprint density at radius 3 is 2.35 bits per heavy atom. The van der Waals surface area contributed by atoms with Crippen LogP contribution < -0.4 is 11.1 Å². The number of rotatable bonds is 7. The van der Waals surface area contributed by atoms with Crippen LogP contribution in [0.3, 0.4) is 0 Å². The van der Waals surface area contributed by atoms with Gasteiger partial charge in [-0.3, -0.25) is 0 Å². The van der Waals surface area contributed by atoms with Gasteiger partial charge in [-0.2, -0.15) is 11.8 Å². The van der Waals surface area contributed by atoms with Crippen LogP contribution >= 0.6 is 24.0 Å². The Hall–Kier alpha value is -0.880. The normalized spacial score (nSPS) is 11.4. The number of nitrogens with two attached hydrogens (primary N) is 1. The summed E-state index contributed by atoms with van der Waals surface area (Å²) < 4.78 is 27.8. The first-order valence-electron chi connectivity index (χ1n) is 6.47. The van der Waals surface area contributed by atoms with Gasteiger partial charge >= 0.3 is 0 Å². The van der Waals surface area contributed by atoms with Crippen LogP contribution in [0.25, 0.3) is 0 Å². The summed E-state index contributed by atoms with van der Waals surface area (Å²) in [5.41, 5.74) is 5.42. The van der Waals surface area contributed by atoms with Crippen LogP contribution in [0.1, 0.15) is 32.3 Å². The summed E-state index contributed by atoms with van der Waals surface area (Å²) in [5, 5.41) is 2.99. The largest absolute Gasteiger partial charge is 0.389 e. The minimum Gasteiger partial charge on any atom is -0.389 e. The third-order valence-electron chi connectivity index (χ3n) is 3.67. The van der Waals surface area contributed by atoms with Gasteiger partial charge in [0, 0.05) is 16.9 Å². The fourth-order valence-corrected chi connectivity index (χ4v) is 2.94. The van der Waals surface area contributed by atoms with Crippen LogP contribution in [0, 0.1) is 11.6 Å². The molecule has 0 spiro atoms. The first-order valence-corrected chi connectivity index (χ1v) is 8.11. The molecule has 1 aromatic carbocycles. The maximum atomic E-state index is 14.0. The van der Waals surface area contributed by atoms with Crippen molar-refractivity contribution in [2.75, 3.05) is 18.1 Å². The van der Waals surface area contributed by atoms with E-state index in [1.54, 1.807) is 11.8 Å². The number of thiocarbonyl (C=S) groups is 1. The van der Waals surface area contributed by atoms with Crippen molar-refractivity contribution in [2.45, 2.75) is 31.4 Å². The van der Waals surface area contributed by atoms with Gasteiger partial charge < -0.3 is 11.1 Å². The zero-order chi connectivity index (χ0) is 15.3. The van der Waals surface area contributed by atoms with Crippen molar-refractivity contribution in [3.8, 4) is 0 Å². The molecule has 0 bridgehead atoms. The monoisotopic (exact) mass is 318 g/mol. The molecule has 0 aliphatic heterocycles. The minimum absolute atomic E-state index is 0.0186. The summed E-state index contributed by atoms with van der Waals surface area (Å²) in [6.07, 6.45) is 3.93.